The number of piperazine rings is 1. The molecule has 0 spiro atoms. The molecule has 1 aromatic carbocycles. The molecule has 0 saturated carbocycles. The molecular weight excluding hydrogens is 442 g/mol. The molecule has 26 heavy (non-hydrogen) atoms. The Labute approximate surface area is 165 Å². The lowest BCUT2D eigenvalue weighted by molar-refractivity contribution is 0.355. The largest absolute Gasteiger partial charge is 0.314 e. The van der Waals surface area contributed by atoms with Crippen molar-refractivity contribution >= 4 is 36.0 Å². The third-order valence-electron chi connectivity index (χ3n) is 4.28. The van der Waals surface area contributed by atoms with Crippen LogP contribution in [-0.2, 0) is 20.0 Å². The number of hydrogen-bond donors (Lipinski definition) is 1. The second-order valence-electron chi connectivity index (χ2n) is 6.18. The van der Waals surface area contributed by atoms with Crippen molar-refractivity contribution < 1.29 is 16.8 Å². The Balaban J connectivity index is 2.14. The number of rotatable bonds is 9. The van der Waals surface area contributed by atoms with Crippen molar-refractivity contribution in [3.8, 4) is 0 Å². The van der Waals surface area contributed by atoms with Crippen LogP contribution in [0.15, 0.2) is 33.6 Å². The predicted octanol–water partition coefficient (Wildman–Crippen LogP) is 1.47. The zero-order valence-corrected chi connectivity index (χ0v) is 18.1. The van der Waals surface area contributed by atoms with Crippen molar-refractivity contribution in [3.05, 3.63) is 28.7 Å². The van der Waals surface area contributed by atoms with Gasteiger partial charge in [0.1, 0.15) is 0 Å². The Hall–Kier alpha value is -0.520. The van der Waals surface area contributed by atoms with Gasteiger partial charge in [0, 0.05) is 43.7 Å². The summed E-state index contributed by atoms with van der Waals surface area (Å²) in [5.74, 6) is -0.202. The van der Waals surface area contributed by atoms with Gasteiger partial charge < -0.3 is 5.32 Å². The first-order valence-corrected chi connectivity index (χ1v) is 12.6. The molecule has 2 rings (SSSR count). The average molecular weight is 468 g/mol. The highest BCUT2D eigenvalue weighted by Gasteiger charge is 2.29. The number of benzene rings is 1. The second-order valence-corrected chi connectivity index (χ2v) is 11.1. The van der Waals surface area contributed by atoms with E-state index in [2.05, 4.69) is 21.2 Å². The van der Waals surface area contributed by atoms with E-state index in [1.165, 1.54) is 20.7 Å². The van der Waals surface area contributed by atoms with Gasteiger partial charge in [-0.3, -0.25) is 0 Å². The molecule has 1 aliphatic rings. The fraction of sp³-hybridized carbons (Fsp3) is 0.625. The SMILES string of the molecule is CCCCN(CCS(=O)(=O)N1CCNCC1)S(=O)(=O)c1ccc(Br)cc1. The molecule has 1 aromatic rings. The summed E-state index contributed by atoms with van der Waals surface area (Å²) in [7, 11) is -7.20. The van der Waals surface area contributed by atoms with Gasteiger partial charge in [-0.25, -0.2) is 16.8 Å². The maximum absolute atomic E-state index is 12.9. The molecule has 148 valence electrons. The van der Waals surface area contributed by atoms with E-state index in [0.717, 1.165) is 10.9 Å². The average Bonchev–Trinajstić information content (AvgIpc) is 2.62. The number of nitrogens with zero attached hydrogens (tertiary/aromatic N) is 2. The normalized spacial score (nSPS) is 16.9. The van der Waals surface area contributed by atoms with Crippen LogP contribution in [0.1, 0.15) is 19.8 Å². The molecule has 1 aliphatic heterocycles. The molecule has 0 bridgehead atoms. The number of hydrogen-bond acceptors (Lipinski definition) is 5. The third-order valence-corrected chi connectivity index (χ3v) is 8.57. The van der Waals surface area contributed by atoms with Gasteiger partial charge in [0.15, 0.2) is 0 Å². The lowest BCUT2D eigenvalue weighted by atomic mass is 10.3. The topological polar surface area (TPSA) is 86.8 Å². The first-order chi connectivity index (χ1) is 12.3. The maximum Gasteiger partial charge on any atom is 0.243 e. The molecule has 0 amide bonds. The van der Waals surface area contributed by atoms with Crippen LogP contribution in [0.5, 0.6) is 0 Å². The van der Waals surface area contributed by atoms with Crippen molar-refractivity contribution in [2.24, 2.45) is 0 Å². The monoisotopic (exact) mass is 467 g/mol. The van der Waals surface area contributed by atoms with Crippen LogP contribution >= 0.6 is 15.9 Å². The van der Waals surface area contributed by atoms with Gasteiger partial charge >= 0.3 is 0 Å². The van der Waals surface area contributed by atoms with E-state index in [4.69, 9.17) is 0 Å². The van der Waals surface area contributed by atoms with Crippen molar-refractivity contribution in [1.82, 2.24) is 13.9 Å². The van der Waals surface area contributed by atoms with Gasteiger partial charge in [0.25, 0.3) is 0 Å². The summed E-state index contributed by atoms with van der Waals surface area (Å²) >= 11 is 3.29. The first-order valence-electron chi connectivity index (χ1n) is 8.71. The molecule has 0 unspecified atom stereocenters. The first kappa shape index (κ1) is 21.8. The second kappa shape index (κ2) is 9.61. The van der Waals surface area contributed by atoms with Gasteiger partial charge in [-0.05, 0) is 30.7 Å². The zero-order chi connectivity index (χ0) is 19.2. The highest BCUT2D eigenvalue weighted by Crippen LogP contribution is 2.20. The van der Waals surface area contributed by atoms with E-state index in [1.807, 2.05) is 6.92 Å². The van der Waals surface area contributed by atoms with E-state index in [-0.39, 0.29) is 17.2 Å². The van der Waals surface area contributed by atoms with Gasteiger partial charge in [0.2, 0.25) is 20.0 Å². The smallest absolute Gasteiger partial charge is 0.243 e. The molecule has 1 saturated heterocycles. The fourth-order valence-corrected chi connectivity index (χ4v) is 6.02. The number of nitrogens with one attached hydrogen (secondary N) is 1. The van der Waals surface area contributed by atoms with E-state index in [0.29, 0.717) is 39.1 Å². The molecule has 0 atom stereocenters. The minimum atomic E-state index is -3.73. The Morgan fingerprint density at radius 3 is 2.27 bits per heavy atom. The van der Waals surface area contributed by atoms with Gasteiger partial charge in [-0.15, -0.1) is 0 Å². The summed E-state index contributed by atoms with van der Waals surface area (Å²) in [6.07, 6.45) is 1.51. The lowest BCUT2D eigenvalue weighted by Gasteiger charge is -2.28. The molecule has 0 aromatic heterocycles. The summed E-state index contributed by atoms with van der Waals surface area (Å²) in [5, 5.41) is 3.11. The van der Waals surface area contributed by atoms with Gasteiger partial charge in [-0.1, -0.05) is 29.3 Å². The lowest BCUT2D eigenvalue weighted by Crippen LogP contribution is -2.48. The highest BCUT2D eigenvalue weighted by atomic mass is 79.9. The third kappa shape index (κ3) is 5.74. The Morgan fingerprint density at radius 1 is 1.08 bits per heavy atom. The minimum absolute atomic E-state index is 0.0370. The molecule has 1 N–H and O–H groups in total. The standard InChI is InChI=1S/C16H26BrN3O4S2/c1-2-3-10-20(26(23,24)16-6-4-15(17)5-7-16)13-14-25(21,22)19-11-8-18-9-12-19/h4-7,18H,2-3,8-14H2,1H3. The van der Waals surface area contributed by atoms with Gasteiger partial charge in [0.05, 0.1) is 10.6 Å². The van der Waals surface area contributed by atoms with Crippen LogP contribution in [0.2, 0.25) is 0 Å². The molecule has 1 heterocycles. The number of halogens is 1. The van der Waals surface area contributed by atoms with Crippen LogP contribution in [-0.4, -0.2) is 70.5 Å². The molecule has 10 heteroatoms. The Morgan fingerprint density at radius 2 is 1.69 bits per heavy atom. The Kier molecular flexibility index (Phi) is 8.05. The molecule has 7 nitrogen and oxygen atoms in total. The molecular formula is C16H26BrN3O4S2. The Bertz CT molecular complexity index is 776. The van der Waals surface area contributed by atoms with Crippen LogP contribution in [0.3, 0.4) is 0 Å². The van der Waals surface area contributed by atoms with Crippen molar-refractivity contribution in [3.63, 3.8) is 0 Å². The van der Waals surface area contributed by atoms with Gasteiger partial charge in [-0.2, -0.15) is 8.61 Å². The molecule has 0 radical (unpaired) electrons. The summed E-state index contributed by atoms with van der Waals surface area (Å²) < 4.78 is 54.5. The predicted molar refractivity (Wildman–Crippen MR) is 106 cm³/mol. The minimum Gasteiger partial charge on any atom is -0.314 e. The van der Waals surface area contributed by atoms with Crippen molar-refractivity contribution in [1.29, 1.82) is 0 Å². The van der Waals surface area contributed by atoms with Crippen molar-refractivity contribution in [2.75, 3.05) is 45.0 Å². The summed E-state index contributed by atoms with van der Waals surface area (Å²) in [6.45, 7) is 4.35. The van der Waals surface area contributed by atoms with Crippen LogP contribution < -0.4 is 5.32 Å². The van der Waals surface area contributed by atoms with E-state index < -0.39 is 20.0 Å². The van der Waals surface area contributed by atoms with E-state index >= 15 is 0 Å². The highest BCUT2D eigenvalue weighted by molar-refractivity contribution is 9.10. The summed E-state index contributed by atoms with van der Waals surface area (Å²) in [5.41, 5.74) is 0. The number of sulfonamides is 2. The van der Waals surface area contributed by atoms with Crippen LogP contribution in [0.25, 0.3) is 0 Å². The quantitative estimate of drug-likeness (QED) is 0.593. The fourth-order valence-electron chi connectivity index (χ4n) is 2.71. The maximum atomic E-state index is 12.9. The molecule has 1 fully saturated rings. The zero-order valence-electron chi connectivity index (χ0n) is 14.9. The van der Waals surface area contributed by atoms with Crippen LogP contribution in [0.4, 0.5) is 0 Å². The summed E-state index contributed by atoms with van der Waals surface area (Å²) in [6, 6.07) is 6.40. The van der Waals surface area contributed by atoms with Crippen LogP contribution in [0, 0.1) is 0 Å². The van der Waals surface area contributed by atoms with E-state index in [9.17, 15) is 16.8 Å². The number of unbranched alkanes of at least 4 members (excludes halogenated alkanes) is 1. The van der Waals surface area contributed by atoms with Crippen molar-refractivity contribution in [2.45, 2.75) is 24.7 Å². The van der Waals surface area contributed by atoms with E-state index in [1.54, 1.807) is 12.1 Å². The summed E-state index contributed by atoms with van der Waals surface area (Å²) in [4.78, 5) is 0.177. The molecule has 0 aliphatic carbocycles.